The van der Waals surface area contributed by atoms with Crippen LogP contribution in [0.3, 0.4) is 0 Å². The lowest BCUT2D eigenvalue weighted by Crippen LogP contribution is -2.21. The van der Waals surface area contributed by atoms with Gasteiger partial charge in [-0.1, -0.05) is 0 Å². The zero-order chi connectivity index (χ0) is 14.8. The summed E-state index contributed by atoms with van der Waals surface area (Å²) in [4.78, 5) is 10.8. The number of alkyl halides is 3. The maximum Gasteiger partial charge on any atom is 0.406 e. The maximum atomic E-state index is 12.3. The highest BCUT2D eigenvalue weighted by atomic mass is 35.7. The van der Waals surface area contributed by atoms with E-state index in [1.165, 1.54) is 6.92 Å². The van der Waals surface area contributed by atoms with E-state index in [0.717, 1.165) is 6.07 Å². The van der Waals surface area contributed by atoms with Crippen LogP contribution in [0.25, 0.3) is 0 Å². The summed E-state index contributed by atoms with van der Waals surface area (Å²) in [5.41, 5.74) is -0.529. The van der Waals surface area contributed by atoms with E-state index in [-0.39, 0.29) is 6.61 Å². The van der Waals surface area contributed by atoms with Gasteiger partial charge < -0.3 is 9.30 Å². The third-order valence-electron chi connectivity index (χ3n) is 1.99. The second kappa shape index (κ2) is 5.41. The minimum absolute atomic E-state index is 0.0566. The molecule has 0 aliphatic heterocycles. The van der Waals surface area contributed by atoms with Crippen LogP contribution >= 0.6 is 10.7 Å². The van der Waals surface area contributed by atoms with E-state index in [0.29, 0.717) is 10.8 Å². The summed E-state index contributed by atoms with van der Waals surface area (Å²) in [5, 5.41) is 0. The van der Waals surface area contributed by atoms with E-state index >= 15 is 0 Å². The van der Waals surface area contributed by atoms with Gasteiger partial charge in [0.15, 0.2) is 0 Å². The summed E-state index contributed by atoms with van der Waals surface area (Å²) in [6, 6.07) is 0.742. The largest absolute Gasteiger partial charge is 0.461 e. The Labute approximate surface area is 111 Å². The van der Waals surface area contributed by atoms with Crippen molar-refractivity contribution in [3.05, 3.63) is 18.0 Å². The molecule has 0 aliphatic carbocycles. The first-order chi connectivity index (χ1) is 8.54. The Balaban J connectivity index is 3.26. The quantitative estimate of drug-likeness (QED) is 0.630. The highest BCUT2D eigenvalue weighted by Crippen LogP contribution is 2.24. The average molecular weight is 320 g/mol. The molecule has 0 atom stereocenters. The topological polar surface area (TPSA) is 65.4 Å². The molecule has 0 fully saturated rings. The zero-order valence-electron chi connectivity index (χ0n) is 9.57. The Morgan fingerprint density at radius 1 is 1.47 bits per heavy atom. The lowest BCUT2D eigenvalue weighted by Gasteiger charge is -2.10. The number of esters is 1. The fourth-order valence-electron chi connectivity index (χ4n) is 1.32. The van der Waals surface area contributed by atoms with Gasteiger partial charge >= 0.3 is 12.1 Å². The first-order valence-corrected chi connectivity index (χ1v) is 7.24. The molecule has 0 aromatic carbocycles. The third-order valence-corrected chi connectivity index (χ3v) is 3.31. The number of carbonyl (C=O) groups is 1. The number of aromatic nitrogens is 1. The maximum absolute atomic E-state index is 12.3. The van der Waals surface area contributed by atoms with Crippen LogP contribution in [-0.2, 0) is 20.3 Å². The SMILES string of the molecule is CCOC(=O)c1cc(S(=O)(=O)Cl)cn1CC(F)(F)F. The van der Waals surface area contributed by atoms with Gasteiger partial charge in [-0.2, -0.15) is 13.2 Å². The number of nitrogens with zero attached hydrogens (tertiary/aromatic N) is 1. The molecule has 0 saturated carbocycles. The molecule has 10 heteroatoms. The van der Waals surface area contributed by atoms with E-state index in [2.05, 4.69) is 4.74 Å². The van der Waals surface area contributed by atoms with Gasteiger partial charge in [0.1, 0.15) is 17.1 Å². The Kier molecular flexibility index (Phi) is 4.51. The minimum Gasteiger partial charge on any atom is -0.461 e. The van der Waals surface area contributed by atoms with Gasteiger partial charge in [-0.15, -0.1) is 0 Å². The van der Waals surface area contributed by atoms with Gasteiger partial charge in [-0.25, -0.2) is 13.2 Å². The van der Waals surface area contributed by atoms with Crippen LogP contribution in [0, 0.1) is 0 Å². The second-order valence-corrected chi connectivity index (χ2v) is 6.03. The first kappa shape index (κ1) is 15.8. The standard InChI is InChI=1S/C9H9ClF3NO4S/c1-2-18-8(15)7-3-6(19(10,16)17)4-14(7)5-9(11,12)13/h3-4H,2,5H2,1H3. The van der Waals surface area contributed by atoms with Crippen molar-refractivity contribution < 1.29 is 31.1 Å². The molecule has 1 aromatic rings. The van der Waals surface area contributed by atoms with Gasteiger partial charge in [-0.05, 0) is 13.0 Å². The number of carbonyl (C=O) groups excluding carboxylic acids is 1. The fourth-order valence-corrected chi connectivity index (χ4v) is 2.08. The Bertz CT molecular complexity index is 579. The van der Waals surface area contributed by atoms with E-state index < -0.39 is 38.3 Å². The molecule has 1 heterocycles. The monoisotopic (exact) mass is 319 g/mol. The normalized spacial score (nSPS) is 12.5. The number of hydrogen-bond donors (Lipinski definition) is 0. The number of hydrogen-bond acceptors (Lipinski definition) is 4. The molecule has 0 bridgehead atoms. The van der Waals surface area contributed by atoms with Crippen molar-refractivity contribution in [3.63, 3.8) is 0 Å². The van der Waals surface area contributed by atoms with Crippen molar-refractivity contribution in [1.29, 1.82) is 0 Å². The highest BCUT2D eigenvalue weighted by molar-refractivity contribution is 8.13. The molecular formula is C9H9ClF3NO4S. The fraction of sp³-hybridized carbons (Fsp3) is 0.444. The van der Waals surface area contributed by atoms with Crippen molar-refractivity contribution in [2.24, 2.45) is 0 Å². The van der Waals surface area contributed by atoms with E-state index in [9.17, 15) is 26.4 Å². The molecule has 0 N–H and O–H groups in total. The van der Waals surface area contributed by atoms with E-state index in [1.807, 2.05) is 0 Å². The number of rotatable bonds is 4. The average Bonchev–Trinajstić information content (AvgIpc) is 2.58. The number of ether oxygens (including phenoxy) is 1. The van der Waals surface area contributed by atoms with Crippen LogP contribution in [-0.4, -0.2) is 31.7 Å². The Morgan fingerprint density at radius 3 is 2.47 bits per heavy atom. The summed E-state index contributed by atoms with van der Waals surface area (Å²) in [6.07, 6.45) is -3.98. The second-order valence-electron chi connectivity index (χ2n) is 3.46. The molecule has 1 aromatic heterocycles. The summed E-state index contributed by atoms with van der Waals surface area (Å²) < 4.78 is 64.1. The zero-order valence-corrected chi connectivity index (χ0v) is 11.1. The molecule has 108 valence electrons. The highest BCUT2D eigenvalue weighted by Gasteiger charge is 2.31. The lowest BCUT2D eigenvalue weighted by molar-refractivity contribution is -0.140. The van der Waals surface area contributed by atoms with Crippen molar-refractivity contribution >= 4 is 25.7 Å². The van der Waals surface area contributed by atoms with Gasteiger partial charge in [0.05, 0.1) is 6.61 Å². The molecule has 1 rings (SSSR count). The molecule has 0 amide bonds. The van der Waals surface area contributed by atoms with Crippen LogP contribution < -0.4 is 0 Å². The van der Waals surface area contributed by atoms with Crippen molar-refractivity contribution in [2.75, 3.05) is 6.61 Å². The Morgan fingerprint density at radius 2 is 2.05 bits per heavy atom. The first-order valence-electron chi connectivity index (χ1n) is 4.93. The van der Waals surface area contributed by atoms with Crippen LogP contribution in [0.2, 0.25) is 0 Å². The molecular weight excluding hydrogens is 311 g/mol. The molecule has 0 spiro atoms. The molecule has 5 nitrogen and oxygen atoms in total. The van der Waals surface area contributed by atoms with Crippen LogP contribution in [0.1, 0.15) is 17.4 Å². The molecule has 0 aliphatic rings. The van der Waals surface area contributed by atoms with Crippen molar-refractivity contribution in [1.82, 2.24) is 4.57 Å². The van der Waals surface area contributed by atoms with E-state index in [1.54, 1.807) is 0 Å². The summed E-state index contributed by atoms with van der Waals surface area (Å²) in [6.45, 7) is -0.110. The third kappa shape index (κ3) is 4.43. The van der Waals surface area contributed by atoms with Crippen LogP contribution in [0.4, 0.5) is 13.2 Å². The molecule has 19 heavy (non-hydrogen) atoms. The van der Waals surface area contributed by atoms with Gasteiger partial charge in [0, 0.05) is 16.9 Å². The van der Waals surface area contributed by atoms with Crippen LogP contribution in [0.15, 0.2) is 17.2 Å². The summed E-state index contributed by atoms with van der Waals surface area (Å²) >= 11 is 0. The molecule has 0 unspecified atom stereocenters. The van der Waals surface area contributed by atoms with Crippen molar-refractivity contribution in [2.45, 2.75) is 24.5 Å². The van der Waals surface area contributed by atoms with Crippen molar-refractivity contribution in [3.8, 4) is 0 Å². The minimum atomic E-state index is -4.62. The predicted octanol–water partition coefficient (Wildman–Crippen LogP) is 2.15. The van der Waals surface area contributed by atoms with Gasteiger partial charge in [-0.3, -0.25) is 0 Å². The molecule has 0 radical (unpaired) electrons. The molecule has 0 saturated heterocycles. The smallest absolute Gasteiger partial charge is 0.406 e. The number of halogens is 4. The summed E-state index contributed by atoms with van der Waals surface area (Å²) in [5.74, 6) is -1.06. The Hall–Kier alpha value is -1.22. The van der Waals surface area contributed by atoms with E-state index in [4.69, 9.17) is 10.7 Å². The van der Waals surface area contributed by atoms with Crippen LogP contribution in [0.5, 0.6) is 0 Å². The van der Waals surface area contributed by atoms with Gasteiger partial charge in [0.25, 0.3) is 9.05 Å². The summed E-state index contributed by atoms with van der Waals surface area (Å²) in [7, 11) is 0.790. The van der Waals surface area contributed by atoms with Gasteiger partial charge in [0.2, 0.25) is 0 Å². The lowest BCUT2D eigenvalue weighted by atomic mass is 10.4. The predicted molar refractivity (Wildman–Crippen MR) is 59.5 cm³/mol.